The molecule has 18 heavy (non-hydrogen) atoms. The smallest absolute Gasteiger partial charge is 0.411 e. The molecule has 0 aliphatic carbocycles. The van der Waals surface area contributed by atoms with Gasteiger partial charge in [-0.05, 0) is 20.8 Å². The van der Waals surface area contributed by atoms with Gasteiger partial charge in [-0.1, -0.05) is 0 Å². The summed E-state index contributed by atoms with van der Waals surface area (Å²) in [6, 6.07) is -0.869. The van der Waals surface area contributed by atoms with Gasteiger partial charge < -0.3 is 9.47 Å². The van der Waals surface area contributed by atoms with E-state index in [1.54, 1.807) is 20.8 Å². The summed E-state index contributed by atoms with van der Waals surface area (Å²) in [7, 11) is 1.23. The van der Waals surface area contributed by atoms with Gasteiger partial charge >= 0.3 is 12.1 Å². The van der Waals surface area contributed by atoms with E-state index in [-0.39, 0.29) is 25.2 Å². The van der Waals surface area contributed by atoms with Crippen molar-refractivity contribution in [3.8, 4) is 0 Å². The summed E-state index contributed by atoms with van der Waals surface area (Å²) in [5.41, 5.74) is -0.640. The zero-order valence-corrected chi connectivity index (χ0v) is 11.2. The first-order chi connectivity index (χ1) is 8.24. The molecule has 1 rings (SSSR count). The van der Waals surface area contributed by atoms with Crippen LogP contribution in [0.15, 0.2) is 0 Å². The van der Waals surface area contributed by atoms with Crippen LogP contribution in [0.25, 0.3) is 0 Å². The highest BCUT2D eigenvalue weighted by Crippen LogP contribution is 2.19. The standard InChI is InChI=1S/C12H19NO5/c1-12(2,3)18-11(16)13-6-5-8(14)7-9(13)10(15)17-4/h9H,5-7H2,1-4H3. The van der Waals surface area contributed by atoms with Crippen molar-refractivity contribution in [3.63, 3.8) is 0 Å². The summed E-state index contributed by atoms with van der Waals surface area (Å²) in [4.78, 5) is 36.1. The summed E-state index contributed by atoms with van der Waals surface area (Å²) in [6.07, 6.45) is -0.357. The molecule has 0 saturated carbocycles. The SMILES string of the molecule is COC(=O)C1CC(=O)CCN1C(=O)OC(C)(C)C. The lowest BCUT2D eigenvalue weighted by Crippen LogP contribution is -2.52. The van der Waals surface area contributed by atoms with E-state index in [2.05, 4.69) is 4.74 Å². The molecule has 0 aromatic heterocycles. The van der Waals surface area contributed by atoms with Gasteiger partial charge in [-0.25, -0.2) is 9.59 Å². The molecule has 1 unspecified atom stereocenters. The van der Waals surface area contributed by atoms with Gasteiger partial charge in [-0.3, -0.25) is 9.69 Å². The van der Waals surface area contributed by atoms with E-state index in [4.69, 9.17) is 4.74 Å². The maximum Gasteiger partial charge on any atom is 0.411 e. The number of methoxy groups -OCH3 is 1. The minimum atomic E-state index is -0.869. The third-order valence-electron chi connectivity index (χ3n) is 2.53. The van der Waals surface area contributed by atoms with Crippen LogP contribution in [0.1, 0.15) is 33.6 Å². The van der Waals surface area contributed by atoms with Crippen molar-refractivity contribution in [1.82, 2.24) is 4.90 Å². The Labute approximate surface area is 106 Å². The van der Waals surface area contributed by atoms with Crippen LogP contribution in [0, 0.1) is 0 Å². The van der Waals surface area contributed by atoms with Crippen LogP contribution in [0.4, 0.5) is 4.79 Å². The van der Waals surface area contributed by atoms with E-state index in [1.165, 1.54) is 12.0 Å². The number of hydrogen-bond donors (Lipinski definition) is 0. The quantitative estimate of drug-likeness (QED) is 0.658. The molecule has 1 aliphatic rings. The number of rotatable bonds is 1. The summed E-state index contributed by atoms with van der Waals surface area (Å²) in [6.45, 7) is 5.42. The molecule has 1 amide bonds. The maximum atomic E-state index is 11.9. The Kier molecular flexibility index (Phi) is 4.32. The van der Waals surface area contributed by atoms with Crippen molar-refractivity contribution in [1.29, 1.82) is 0 Å². The van der Waals surface area contributed by atoms with Gasteiger partial charge in [0.15, 0.2) is 0 Å². The molecule has 102 valence electrons. The largest absolute Gasteiger partial charge is 0.467 e. The van der Waals surface area contributed by atoms with Crippen molar-refractivity contribution in [2.24, 2.45) is 0 Å². The molecular formula is C12H19NO5. The van der Waals surface area contributed by atoms with Gasteiger partial charge in [-0.2, -0.15) is 0 Å². The molecular weight excluding hydrogens is 238 g/mol. The van der Waals surface area contributed by atoms with Gasteiger partial charge in [0.1, 0.15) is 17.4 Å². The van der Waals surface area contributed by atoms with Gasteiger partial charge in [-0.15, -0.1) is 0 Å². The molecule has 1 saturated heterocycles. The normalized spacial score (nSPS) is 20.6. The summed E-state index contributed by atoms with van der Waals surface area (Å²) in [5, 5.41) is 0. The third kappa shape index (κ3) is 3.72. The Balaban J connectivity index is 2.80. The predicted molar refractivity (Wildman–Crippen MR) is 63.0 cm³/mol. The number of nitrogens with zero attached hydrogens (tertiary/aromatic N) is 1. The number of carbonyl (C=O) groups is 3. The highest BCUT2D eigenvalue weighted by Gasteiger charge is 2.38. The van der Waals surface area contributed by atoms with Crippen LogP contribution in [0.5, 0.6) is 0 Å². The van der Waals surface area contributed by atoms with Crippen molar-refractivity contribution in [2.75, 3.05) is 13.7 Å². The molecule has 1 fully saturated rings. The summed E-state index contributed by atoms with van der Waals surface area (Å²) < 4.78 is 9.81. The number of likely N-dealkylation sites (tertiary alicyclic amines) is 1. The number of hydrogen-bond acceptors (Lipinski definition) is 5. The number of carbonyl (C=O) groups excluding carboxylic acids is 3. The number of piperidine rings is 1. The number of ketones is 1. The number of Topliss-reactive ketones (excluding diaryl/α,β-unsaturated/α-hetero) is 1. The minimum Gasteiger partial charge on any atom is -0.467 e. The Hall–Kier alpha value is -1.59. The average molecular weight is 257 g/mol. The second-order valence-electron chi connectivity index (χ2n) is 5.21. The first-order valence-corrected chi connectivity index (χ1v) is 5.84. The van der Waals surface area contributed by atoms with E-state index in [9.17, 15) is 14.4 Å². The molecule has 6 heteroatoms. The van der Waals surface area contributed by atoms with Crippen LogP contribution in [-0.4, -0.2) is 48.0 Å². The van der Waals surface area contributed by atoms with Gasteiger partial charge in [0.2, 0.25) is 0 Å². The highest BCUT2D eigenvalue weighted by atomic mass is 16.6. The fourth-order valence-electron chi connectivity index (χ4n) is 1.71. The zero-order valence-electron chi connectivity index (χ0n) is 11.2. The van der Waals surface area contributed by atoms with Crippen molar-refractivity contribution in [2.45, 2.75) is 45.3 Å². The molecule has 0 aromatic rings. The highest BCUT2D eigenvalue weighted by molar-refractivity contribution is 5.91. The van der Waals surface area contributed by atoms with Crippen LogP contribution >= 0.6 is 0 Å². The molecule has 6 nitrogen and oxygen atoms in total. The van der Waals surface area contributed by atoms with E-state index in [0.717, 1.165) is 0 Å². The van der Waals surface area contributed by atoms with Crippen LogP contribution in [0.3, 0.4) is 0 Å². The van der Waals surface area contributed by atoms with Crippen LogP contribution in [-0.2, 0) is 19.1 Å². The molecule has 1 heterocycles. The molecule has 1 atom stereocenters. The lowest BCUT2D eigenvalue weighted by molar-refractivity contribution is -0.150. The second-order valence-corrected chi connectivity index (χ2v) is 5.21. The topological polar surface area (TPSA) is 72.9 Å². The molecule has 0 radical (unpaired) electrons. The van der Waals surface area contributed by atoms with Gasteiger partial charge in [0, 0.05) is 19.4 Å². The lowest BCUT2D eigenvalue weighted by atomic mass is 10.0. The van der Waals surface area contributed by atoms with Gasteiger partial charge in [0.05, 0.1) is 7.11 Å². The molecule has 0 aromatic carbocycles. The van der Waals surface area contributed by atoms with E-state index in [0.29, 0.717) is 0 Å². The fourth-order valence-corrected chi connectivity index (χ4v) is 1.71. The first-order valence-electron chi connectivity index (χ1n) is 5.84. The lowest BCUT2D eigenvalue weighted by Gasteiger charge is -2.34. The van der Waals surface area contributed by atoms with Gasteiger partial charge in [0.25, 0.3) is 0 Å². The summed E-state index contributed by atoms with van der Waals surface area (Å²) in [5.74, 6) is -0.640. The van der Waals surface area contributed by atoms with Crippen molar-refractivity contribution >= 4 is 17.8 Å². The number of amides is 1. The van der Waals surface area contributed by atoms with E-state index in [1.807, 2.05) is 0 Å². The van der Waals surface area contributed by atoms with Crippen molar-refractivity contribution < 1.29 is 23.9 Å². The fraction of sp³-hybridized carbons (Fsp3) is 0.750. The zero-order chi connectivity index (χ0) is 13.9. The van der Waals surface area contributed by atoms with Crippen molar-refractivity contribution in [3.05, 3.63) is 0 Å². The molecule has 1 aliphatic heterocycles. The first kappa shape index (κ1) is 14.5. The van der Waals surface area contributed by atoms with E-state index >= 15 is 0 Å². The number of ether oxygens (including phenoxy) is 2. The Bertz CT molecular complexity index is 358. The molecule has 0 spiro atoms. The molecule has 0 N–H and O–H groups in total. The maximum absolute atomic E-state index is 11.9. The third-order valence-corrected chi connectivity index (χ3v) is 2.53. The van der Waals surface area contributed by atoms with E-state index < -0.39 is 23.7 Å². The van der Waals surface area contributed by atoms with Crippen LogP contribution < -0.4 is 0 Å². The Morgan fingerprint density at radius 3 is 2.44 bits per heavy atom. The Morgan fingerprint density at radius 1 is 1.33 bits per heavy atom. The average Bonchev–Trinajstić information content (AvgIpc) is 2.25. The second kappa shape index (κ2) is 5.37. The monoisotopic (exact) mass is 257 g/mol. The number of esters is 1. The molecule has 0 bridgehead atoms. The minimum absolute atomic E-state index is 0.00802. The summed E-state index contributed by atoms with van der Waals surface area (Å²) >= 11 is 0. The Morgan fingerprint density at radius 2 is 1.94 bits per heavy atom. The predicted octanol–water partition coefficient (Wildman–Crippen LogP) is 1.13. The van der Waals surface area contributed by atoms with Crippen LogP contribution in [0.2, 0.25) is 0 Å².